The van der Waals surface area contributed by atoms with E-state index in [1.54, 1.807) is 12.4 Å². The predicted octanol–water partition coefficient (Wildman–Crippen LogP) is 2.22. The molecule has 23 heavy (non-hydrogen) atoms. The summed E-state index contributed by atoms with van der Waals surface area (Å²) < 4.78 is 5.98. The van der Waals surface area contributed by atoms with Gasteiger partial charge >= 0.3 is 6.09 Å². The molecule has 3 heterocycles. The smallest absolute Gasteiger partial charge is 0.410 e. The maximum absolute atomic E-state index is 12.4. The molecular formula is C16H20BrN3O3. The molecule has 0 bridgehead atoms. The zero-order chi connectivity index (χ0) is 16.2. The van der Waals surface area contributed by atoms with E-state index < -0.39 is 0 Å². The minimum Gasteiger partial charge on any atom is -0.449 e. The van der Waals surface area contributed by atoms with E-state index in [0.29, 0.717) is 26.1 Å². The molecule has 0 radical (unpaired) electrons. The first-order chi connectivity index (χ1) is 11.1. The van der Waals surface area contributed by atoms with E-state index in [-0.39, 0.29) is 18.0 Å². The molecule has 2 fully saturated rings. The average Bonchev–Trinajstić information content (AvgIpc) is 2.55. The first-order valence-electron chi connectivity index (χ1n) is 7.94. The Morgan fingerprint density at radius 3 is 2.78 bits per heavy atom. The van der Waals surface area contributed by atoms with Gasteiger partial charge in [0.1, 0.15) is 0 Å². The molecule has 0 N–H and O–H groups in total. The van der Waals surface area contributed by atoms with Crippen molar-refractivity contribution >= 4 is 27.9 Å². The average molecular weight is 382 g/mol. The van der Waals surface area contributed by atoms with Crippen molar-refractivity contribution in [2.45, 2.75) is 31.7 Å². The molecule has 124 valence electrons. The van der Waals surface area contributed by atoms with Crippen molar-refractivity contribution in [2.75, 3.05) is 26.2 Å². The van der Waals surface area contributed by atoms with E-state index in [0.717, 1.165) is 35.8 Å². The summed E-state index contributed by atoms with van der Waals surface area (Å²) in [5.74, 6) is 0.115. The second kappa shape index (κ2) is 7.29. The van der Waals surface area contributed by atoms with Crippen LogP contribution in [-0.2, 0) is 16.0 Å². The number of ether oxygens (including phenoxy) is 1. The van der Waals surface area contributed by atoms with Crippen LogP contribution in [0.15, 0.2) is 22.9 Å². The van der Waals surface area contributed by atoms with E-state index in [2.05, 4.69) is 20.9 Å². The number of aromatic nitrogens is 1. The highest BCUT2D eigenvalue weighted by molar-refractivity contribution is 9.10. The SMILES string of the molecule is O=C(Cc1cncc(Br)c1)N1CCC(N2CCCOC2=O)CC1. The number of pyridine rings is 1. The van der Waals surface area contributed by atoms with Crippen molar-refractivity contribution in [3.8, 4) is 0 Å². The molecule has 1 aromatic heterocycles. The van der Waals surface area contributed by atoms with E-state index in [1.807, 2.05) is 15.9 Å². The van der Waals surface area contributed by atoms with Crippen LogP contribution in [0.25, 0.3) is 0 Å². The number of likely N-dealkylation sites (tertiary alicyclic amines) is 1. The van der Waals surface area contributed by atoms with Crippen LogP contribution in [0.2, 0.25) is 0 Å². The fourth-order valence-electron chi connectivity index (χ4n) is 3.17. The van der Waals surface area contributed by atoms with Gasteiger partial charge in [-0.3, -0.25) is 9.78 Å². The second-order valence-corrected chi connectivity index (χ2v) is 6.88. The van der Waals surface area contributed by atoms with Crippen molar-refractivity contribution in [1.29, 1.82) is 0 Å². The number of amides is 2. The number of cyclic esters (lactones) is 1. The highest BCUT2D eigenvalue weighted by Gasteiger charge is 2.31. The number of hydrogen-bond acceptors (Lipinski definition) is 4. The number of carbonyl (C=O) groups excluding carboxylic acids is 2. The first-order valence-corrected chi connectivity index (χ1v) is 8.73. The maximum atomic E-state index is 12.4. The Kier molecular flexibility index (Phi) is 5.15. The van der Waals surface area contributed by atoms with Crippen LogP contribution in [0.5, 0.6) is 0 Å². The third-order valence-corrected chi connectivity index (χ3v) is 4.81. The van der Waals surface area contributed by atoms with E-state index in [9.17, 15) is 9.59 Å². The first kappa shape index (κ1) is 16.2. The molecule has 0 aliphatic carbocycles. The van der Waals surface area contributed by atoms with E-state index >= 15 is 0 Å². The fourth-order valence-corrected chi connectivity index (χ4v) is 3.58. The molecule has 2 aliphatic heterocycles. The van der Waals surface area contributed by atoms with Gasteiger partial charge in [0.05, 0.1) is 13.0 Å². The van der Waals surface area contributed by atoms with Gasteiger partial charge in [-0.1, -0.05) is 0 Å². The van der Waals surface area contributed by atoms with Crippen molar-refractivity contribution in [3.05, 3.63) is 28.5 Å². The lowest BCUT2D eigenvalue weighted by Gasteiger charge is -2.39. The number of piperidine rings is 1. The minimum atomic E-state index is -0.207. The Bertz CT molecular complexity index is 588. The Balaban J connectivity index is 1.52. The number of hydrogen-bond donors (Lipinski definition) is 0. The van der Waals surface area contributed by atoms with Crippen LogP contribution in [-0.4, -0.2) is 59.1 Å². The zero-order valence-corrected chi connectivity index (χ0v) is 14.5. The van der Waals surface area contributed by atoms with Gasteiger partial charge in [-0.05, 0) is 46.8 Å². The van der Waals surface area contributed by atoms with Gasteiger partial charge in [-0.25, -0.2) is 4.79 Å². The summed E-state index contributed by atoms with van der Waals surface area (Å²) >= 11 is 3.37. The minimum absolute atomic E-state index is 0.115. The summed E-state index contributed by atoms with van der Waals surface area (Å²) in [5.41, 5.74) is 0.908. The standard InChI is InChI=1S/C16H20BrN3O3/c17-13-8-12(10-18-11-13)9-15(21)19-5-2-14(3-6-19)20-4-1-7-23-16(20)22/h8,10-11,14H,1-7,9H2. The van der Waals surface area contributed by atoms with Crippen LogP contribution < -0.4 is 0 Å². The molecule has 0 spiro atoms. The number of carbonyl (C=O) groups is 2. The van der Waals surface area contributed by atoms with Gasteiger partial charge in [0.25, 0.3) is 0 Å². The van der Waals surface area contributed by atoms with E-state index in [1.165, 1.54) is 0 Å². The highest BCUT2D eigenvalue weighted by atomic mass is 79.9. The molecule has 1 aromatic rings. The largest absolute Gasteiger partial charge is 0.449 e. The molecule has 6 nitrogen and oxygen atoms in total. The van der Waals surface area contributed by atoms with Gasteiger partial charge in [0, 0.05) is 42.5 Å². The summed E-state index contributed by atoms with van der Waals surface area (Å²) in [4.78, 5) is 32.0. The molecule has 0 unspecified atom stereocenters. The van der Waals surface area contributed by atoms with Crippen molar-refractivity contribution in [2.24, 2.45) is 0 Å². The zero-order valence-electron chi connectivity index (χ0n) is 12.9. The van der Waals surface area contributed by atoms with Crippen molar-refractivity contribution < 1.29 is 14.3 Å². The van der Waals surface area contributed by atoms with Crippen LogP contribution in [0.1, 0.15) is 24.8 Å². The second-order valence-electron chi connectivity index (χ2n) is 5.96. The molecule has 2 saturated heterocycles. The summed E-state index contributed by atoms with van der Waals surface area (Å²) in [6.45, 7) is 2.66. The Morgan fingerprint density at radius 1 is 1.30 bits per heavy atom. The molecule has 0 saturated carbocycles. The van der Waals surface area contributed by atoms with E-state index in [4.69, 9.17) is 4.74 Å². The van der Waals surface area contributed by atoms with Gasteiger partial charge < -0.3 is 14.5 Å². The lowest BCUT2D eigenvalue weighted by Crippen LogP contribution is -2.51. The molecule has 0 atom stereocenters. The monoisotopic (exact) mass is 381 g/mol. The maximum Gasteiger partial charge on any atom is 0.410 e. The Labute approximate surface area is 143 Å². The number of rotatable bonds is 3. The number of nitrogens with zero attached hydrogens (tertiary/aromatic N) is 3. The highest BCUT2D eigenvalue weighted by Crippen LogP contribution is 2.21. The van der Waals surface area contributed by atoms with Crippen LogP contribution >= 0.6 is 15.9 Å². The number of halogens is 1. The Morgan fingerprint density at radius 2 is 2.09 bits per heavy atom. The van der Waals surface area contributed by atoms with Gasteiger partial charge in [0.15, 0.2) is 0 Å². The topological polar surface area (TPSA) is 62.7 Å². The van der Waals surface area contributed by atoms with Gasteiger partial charge in [-0.2, -0.15) is 0 Å². The van der Waals surface area contributed by atoms with Gasteiger partial charge in [-0.15, -0.1) is 0 Å². The Hall–Kier alpha value is -1.63. The molecule has 0 aromatic carbocycles. The van der Waals surface area contributed by atoms with Crippen LogP contribution in [0.4, 0.5) is 4.79 Å². The lowest BCUT2D eigenvalue weighted by molar-refractivity contribution is -0.132. The predicted molar refractivity (Wildman–Crippen MR) is 87.9 cm³/mol. The fraction of sp³-hybridized carbons (Fsp3) is 0.562. The normalized spacial score (nSPS) is 19.6. The molecule has 7 heteroatoms. The third-order valence-electron chi connectivity index (χ3n) is 4.38. The van der Waals surface area contributed by atoms with Crippen molar-refractivity contribution in [1.82, 2.24) is 14.8 Å². The molecule has 2 aliphatic rings. The summed E-state index contributed by atoms with van der Waals surface area (Å²) in [6.07, 6.45) is 6.11. The quantitative estimate of drug-likeness (QED) is 0.805. The third kappa shape index (κ3) is 4.02. The summed E-state index contributed by atoms with van der Waals surface area (Å²) in [7, 11) is 0. The summed E-state index contributed by atoms with van der Waals surface area (Å²) in [5, 5.41) is 0. The van der Waals surface area contributed by atoms with Crippen molar-refractivity contribution in [3.63, 3.8) is 0 Å². The van der Waals surface area contributed by atoms with Gasteiger partial charge in [0.2, 0.25) is 5.91 Å². The molecular weight excluding hydrogens is 362 g/mol. The lowest BCUT2D eigenvalue weighted by atomic mass is 10.0. The molecule has 3 rings (SSSR count). The molecule has 2 amide bonds. The summed E-state index contributed by atoms with van der Waals surface area (Å²) in [6, 6.07) is 2.11. The van der Waals surface area contributed by atoms with Crippen LogP contribution in [0, 0.1) is 0 Å². The van der Waals surface area contributed by atoms with Crippen LogP contribution in [0.3, 0.4) is 0 Å².